The zero-order valence-electron chi connectivity index (χ0n) is 19.0. The third-order valence-corrected chi connectivity index (χ3v) is 7.93. The van der Waals surface area contributed by atoms with Gasteiger partial charge in [0.1, 0.15) is 4.83 Å². The first-order valence-corrected chi connectivity index (χ1v) is 13.1. The van der Waals surface area contributed by atoms with Crippen molar-refractivity contribution in [3.05, 3.63) is 62.6 Å². The summed E-state index contributed by atoms with van der Waals surface area (Å²) in [4.78, 5) is 33.0. The number of benzene rings is 1. The van der Waals surface area contributed by atoms with Crippen LogP contribution in [0.1, 0.15) is 48.1 Å². The molecule has 0 unspecified atom stereocenters. The van der Waals surface area contributed by atoms with E-state index in [0.717, 1.165) is 40.6 Å². The van der Waals surface area contributed by atoms with Crippen LogP contribution in [0.5, 0.6) is 0 Å². The molecule has 1 aliphatic rings. The van der Waals surface area contributed by atoms with Crippen molar-refractivity contribution in [2.45, 2.75) is 57.1 Å². The second kappa shape index (κ2) is 9.71. The molecule has 0 radical (unpaired) electrons. The Labute approximate surface area is 204 Å². The van der Waals surface area contributed by atoms with Gasteiger partial charge in [0.15, 0.2) is 5.16 Å². The van der Waals surface area contributed by atoms with Crippen molar-refractivity contribution >= 4 is 45.2 Å². The lowest BCUT2D eigenvalue weighted by atomic mass is 10.1. The van der Waals surface area contributed by atoms with Gasteiger partial charge in [-0.15, -0.1) is 16.4 Å². The minimum Gasteiger partial charge on any atom is -0.408 e. The van der Waals surface area contributed by atoms with E-state index in [1.807, 2.05) is 32.0 Å². The summed E-state index contributed by atoms with van der Waals surface area (Å²) in [6.45, 7) is 4.37. The van der Waals surface area contributed by atoms with E-state index in [2.05, 4.69) is 27.6 Å². The first-order chi connectivity index (χ1) is 16.5. The highest BCUT2D eigenvalue weighted by Crippen LogP contribution is 2.35. The molecule has 1 aromatic carbocycles. The summed E-state index contributed by atoms with van der Waals surface area (Å²) in [6, 6.07) is 10.1. The third kappa shape index (κ3) is 4.65. The van der Waals surface area contributed by atoms with Gasteiger partial charge in [0, 0.05) is 17.3 Å². The molecule has 0 atom stereocenters. The smallest absolute Gasteiger partial charge is 0.322 e. The normalized spacial score (nSPS) is 13.0. The predicted molar refractivity (Wildman–Crippen MR) is 134 cm³/mol. The van der Waals surface area contributed by atoms with Crippen molar-refractivity contribution in [3.63, 3.8) is 0 Å². The molecule has 0 saturated heterocycles. The van der Waals surface area contributed by atoms with E-state index < -0.39 is 0 Å². The number of hydrogen-bond acceptors (Lipinski definition) is 8. The van der Waals surface area contributed by atoms with E-state index in [1.165, 1.54) is 16.6 Å². The first kappa shape index (κ1) is 22.8. The third-order valence-electron chi connectivity index (χ3n) is 5.77. The number of aromatic nitrogens is 4. The molecule has 5 rings (SSSR count). The molecule has 4 aromatic rings. The van der Waals surface area contributed by atoms with E-state index in [9.17, 15) is 9.59 Å². The number of anilines is 1. The van der Waals surface area contributed by atoms with Gasteiger partial charge in [0.05, 0.1) is 11.1 Å². The molecule has 1 N–H and O–H groups in total. The van der Waals surface area contributed by atoms with Crippen LogP contribution in [0.4, 0.5) is 6.01 Å². The van der Waals surface area contributed by atoms with Gasteiger partial charge in [-0.05, 0) is 36.8 Å². The Morgan fingerprint density at radius 1 is 1.24 bits per heavy atom. The van der Waals surface area contributed by atoms with E-state index in [0.29, 0.717) is 24.0 Å². The van der Waals surface area contributed by atoms with E-state index in [1.54, 1.807) is 15.9 Å². The Hall–Kier alpha value is -2.98. The van der Waals surface area contributed by atoms with Gasteiger partial charge in [-0.1, -0.05) is 61.0 Å². The number of thioether (sulfide) groups is 1. The Bertz CT molecular complexity index is 1390. The summed E-state index contributed by atoms with van der Waals surface area (Å²) in [5, 5.41) is 11.7. The van der Waals surface area contributed by atoms with E-state index >= 15 is 0 Å². The number of hydrogen-bond donors (Lipinski definition) is 1. The van der Waals surface area contributed by atoms with Crippen LogP contribution in [0.25, 0.3) is 10.2 Å². The predicted octanol–water partition coefficient (Wildman–Crippen LogP) is 4.43. The largest absolute Gasteiger partial charge is 0.408 e. The summed E-state index contributed by atoms with van der Waals surface area (Å²) < 4.78 is 7.18. The quantitative estimate of drug-likeness (QED) is 0.285. The fraction of sp³-hybridized carbons (Fsp3) is 0.375. The van der Waals surface area contributed by atoms with Crippen LogP contribution < -0.4 is 10.9 Å². The summed E-state index contributed by atoms with van der Waals surface area (Å²) >= 11 is 2.86. The Morgan fingerprint density at radius 2 is 2.06 bits per heavy atom. The lowest BCUT2D eigenvalue weighted by molar-refractivity contribution is -0.113. The number of amides is 1. The highest BCUT2D eigenvalue weighted by atomic mass is 32.2. The second-order valence-corrected chi connectivity index (χ2v) is 10.6. The maximum Gasteiger partial charge on any atom is 0.322 e. The monoisotopic (exact) mass is 495 g/mol. The maximum atomic E-state index is 13.6. The molecule has 34 heavy (non-hydrogen) atoms. The zero-order chi connectivity index (χ0) is 23.7. The average Bonchev–Trinajstić information content (AvgIpc) is 3.54. The molecule has 8 nitrogen and oxygen atoms in total. The molecule has 0 aliphatic heterocycles. The average molecular weight is 496 g/mol. The number of nitrogens with one attached hydrogen (secondary N) is 1. The van der Waals surface area contributed by atoms with Gasteiger partial charge in [0.25, 0.3) is 5.56 Å². The summed E-state index contributed by atoms with van der Waals surface area (Å²) in [6.07, 6.45) is 3.74. The minimum absolute atomic E-state index is 0.0123. The molecule has 0 saturated carbocycles. The highest BCUT2D eigenvalue weighted by Gasteiger charge is 2.24. The van der Waals surface area contributed by atoms with Crippen LogP contribution in [0.2, 0.25) is 0 Å². The van der Waals surface area contributed by atoms with Gasteiger partial charge < -0.3 is 4.42 Å². The van der Waals surface area contributed by atoms with Gasteiger partial charge in [-0.3, -0.25) is 19.5 Å². The molecule has 0 bridgehead atoms. The molecule has 1 amide bonds. The number of rotatable bonds is 8. The van der Waals surface area contributed by atoms with E-state index in [4.69, 9.17) is 9.40 Å². The number of nitrogens with zero attached hydrogens (tertiary/aromatic N) is 4. The number of thiophene rings is 1. The highest BCUT2D eigenvalue weighted by molar-refractivity contribution is 7.99. The van der Waals surface area contributed by atoms with Crippen LogP contribution in [0, 0.1) is 0 Å². The van der Waals surface area contributed by atoms with Crippen molar-refractivity contribution in [2.24, 2.45) is 0 Å². The van der Waals surface area contributed by atoms with Crippen molar-refractivity contribution in [1.29, 1.82) is 0 Å². The van der Waals surface area contributed by atoms with Crippen molar-refractivity contribution in [2.75, 3.05) is 11.1 Å². The second-order valence-electron chi connectivity index (χ2n) is 8.56. The van der Waals surface area contributed by atoms with Gasteiger partial charge >= 0.3 is 6.01 Å². The van der Waals surface area contributed by atoms with Crippen molar-refractivity contribution in [1.82, 2.24) is 19.7 Å². The molecule has 3 heterocycles. The van der Waals surface area contributed by atoms with E-state index in [-0.39, 0.29) is 29.2 Å². The topological polar surface area (TPSA) is 103 Å². The molecular weight excluding hydrogens is 470 g/mol. The summed E-state index contributed by atoms with van der Waals surface area (Å²) in [5.41, 5.74) is 2.30. The summed E-state index contributed by atoms with van der Waals surface area (Å²) in [5.74, 6) is 0.334. The lowest BCUT2D eigenvalue weighted by Gasteiger charge is -2.12. The maximum absolute atomic E-state index is 13.6. The van der Waals surface area contributed by atoms with Gasteiger partial charge in [-0.2, -0.15) is 0 Å². The minimum atomic E-state index is -0.290. The number of fused-ring (bicyclic) bond motifs is 3. The van der Waals surface area contributed by atoms with Crippen molar-refractivity contribution in [3.8, 4) is 0 Å². The van der Waals surface area contributed by atoms with Crippen LogP contribution in [-0.2, 0) is 30.6 Å². The fourth-order valence-electron chi connectivity index (χ4n) is 4.06. The fourth-order valence-corrected chi connectivity index (χ4v) is 6.18. The summed E-state index contributed by atoms with van der Waals surface area (Å²) in [7, 11) is 0. The SMILES string of the molecule is CC(C)c1nnc(NC(=O)CSc2nc3sc4c(c3c(=O)n2CCc2ccccc2)CCC4)o1. The molecule has 10 heteroatoms. The molecule has 176 valence electrons. The van der Waals surface area contributed by atoms with Crippen LogP contribution in [0.15, 0.2) is 44.7 Å². The van der Waals surface area contributed by atoms with Gasteiger partial charge in [0.2, 0.25) is 11.8 Å². The number of carbonyl (C=O) groups excluding carboxylic acids is 1. The molecule has 1 aliphatic carbocycles. The molecule has 3 aromatic heterocycles. The first-order valence-electron chi connectivity index (χ1n) is 11.3. The van der Waals surface area contributed by atoms with Crippen LogP contribution in [0.3, 0.4) is 0 Å². The molecular formula is C24H25N5O3S2. The zero-order valence-corrected chi connectivity index (χ0v) is 20.7. The van der Waals surface area contributed by atoms with Gasteiger partial charge in [-0.25, -0.2) is 4.98 Å². The Kier molecular flexibility index (Phi) is 6.51. The van der Waals surface area contributed by atoms with Crippen LogP contribution >= 0.6 is 23.1 Å². The Morgan fingerprint density at radius 3 is 2.82 bits per heavy atom. The Balaban J connectivity index is 1.39. The number of carbonyl (C=O) groups is 1. The lowest BCUT2D eigenvalue weighted by Crippen LogP contribution is -2.25. The number of aryl methyl sites for hydroxylation is 3. The molecule has 0 spiro atoms. The standard InChI is InChI=1S/C24H25N5O3S2/c1-14(2)20-27-28-23(32-20)25-18(30)13-33-24-26-21-19(16-9-6-10-17(16)34-21)22(31)29(24)12-11-15-7-4-3-5-8-15/h3-5,7-8,14H,6,9-13H2,1-2H3,(H,25,28,30). The van der Waals surface area contributed by atoms with Crippen LogP contribution in [-0.4, -0.2) is 31.4 Å². The van der Waals surface area contributed by atoms with Crippen molar-refractivity contribution < 1.29 is 9.21 Å². The molecule has 0 fully saturated rings.